The number of hydrogen-bond acceptors (Lipinski definition) is 5. The number of morpholine rings is 1. The molecule has 3 rings (SSSR count). The first kappa shape index (κ1) is 19.7. The van der Waals surface area contributed by atoms with Crippen molar-refractivity contribution in [1.29, 1.82) is 0 Å². The fourth-order valence-electron chi connectivity index (χ4n) is 3.09. The Labute approximate surface area is 164 Å². The summed E-state index contributed by atoms with van der Waals surface area (Å²) in [6.45, 7) is 2.49. The van der Waals surface area contributed by atoms with Crippen molar-refractivity contribution in [2.45, 2.75) is 6.54 Å². The van der Waals surface area contributed by atoms with Crippen LogP contribution in [0.15, 0.2) is 48.5 Å². The van der Waals surface area contributed by atoms with E-state index >= 15 is 0 Å². The molecule has 1 aliphatic heterocycles. The van der Waals surface area contributed by atoms with Crippen LogP contribution in [-0.4, -0.2) is 57.4 Å². The zero-order chi connectivity index (χ0) is 19.9. The molecule has 0 N–H and O–H groups in total. The molecule has 7 nitrogen and oxygen atoms in total. The van der Waals surface area contributed by atoms with Crippen molar-refractivity contribution < 1.29 is 23.8 Å². The van der Waals surface area contributed by atoms with E-state index in [1.54, 1.807) is 28.0 Å². The Bertz CT molecular complexity index is 819. The van der Waals surface area contributed by atoms with Crippen LogP contribution in [0.4, 0.5) is 10.5 Å². The molecule has 148 valence electrons. The number of esters is 1. The normalized spacial score (nSPS) is 13.7. The van der Waals surface area contributed by atoms with Gasteiger partial charge in [-0.15, -0.1) is 0 Å². The molecule has 0 aliphatic carbocycles. The number of para-hydroxylation sites is 1. The minimum Gasteiger partial charge on any atom is -0.496 e. The minimum absolute atomic E-state index is 0.0893. The number of anilines is 1. The maximum absolute atomic E-state index is 13.2. The summed E-state index contributed by atoms with van der Waals surface area (Å²) >= 11 is 0. The molecule has 1 fully saturated rings. The van der Waals surface area contributed by atoms with E-state index in [1.807, 2.05) is 30.3 Å². The van der Waals surface area contributed by atoms with Gasteiger partial charge in [0.05, 0.1) is 39.5 Å². The van der Waals surface area contributed by atoms with Crippen LogP contribution in [0, 0.1) is 0 Å². The fraction of sp³-hybridized carbons (Fsp3) is 0.333. The Morgan fingerprint density at radius 3 is 2.43 bits per heavy atom. The van der Waals surface area contributed by atoms with Crippen LogP contribution in [0.5, 0.6) is 5.75 Å². The smallest absolute Gasteiger partial charge is 0.337 e. The van der Waals surface area contributed by atoms with Gasteiger partial charge in [-0.2, -0.15) is 0 Å². The predicted octanol–water partition coefficient (Wildman–Crippen LogP) is 2.94. The van der Waals surface area contributed by atoms with Gasteiger partial charge < -0.3 is 19.1 Å². The third-order valence-electron chi connectivity index (χ3n) is 4.62. The topological polar surface area (TPSA) is 68.3 Å². The zero-order valence-electron chi connectivity index (χ0n) is 16.1. The molecule has 0 spiro atoms. The van der Waals surface area contributed by atoms with Crippen molar-refractivity contribution in [1.82, 2.24) is 4.90 Å². The van der Waals surface area contributed by atoms with E-state index < -0.39 is 5.97 Å². The maximum atomic E-state index is 13.2. The number of nitrogens with zero attached hydrogens (tertiary/aromatic N) is 2. The summed E-state index contributed by atoms with van der Waals surface area (Å²) < 4.78 is 15.6. The Kier molecular flexibility index (Phi) is 6.49. The number of urea groups is 1. The summed E-state index contributed by atoms with van der Waals surface area (Å²) in [5.74, 6) is 0.0905. The molecule has 1 saturated heterocycles. The van der Waals surface area contributed by atoms with Crippen LogP contribution in [0.1, 0.15) is 15.9 Å². The monoisotopic (exact) mass is 384 g/mol. The maximum Gasteiger partial charge on any atom is 0.337 e. The molecular weight excluding hydrogens is 360 g/mol. The summed E-state index contributed by atoms with van der Waals surface area (Å²) in [6.07, 6.45) is 0. The summed E-state index contributed by atoms with van der Waals surface area (Å²) in [7, 11) is 2.87. The van der Waals surface area contributed by atoms with Crippen molar-refractivity contribution in [3.8, 4) is 5.75 Å². The van der Waals surface area contributed by atoms with E-state index in [0.29, 0.717) is 44.2 Å². The molecule has 0 aromatic heterocycles. The Balaban J connectivity index is 1.91. The number of amides is 2. The largest absolute Gasteiger partial charge is 0.496 e. The molecule has 2 amide bonds. The Morgan fingerprint density at radius 2 is 1.79 bits per heavy atom. The second kappa shape index (κ2) is 9.23. The van der Waals surface area contributed by atoms with Gasteiger partial charge in [0, 0.05) is 24.3 Å². The molecule has 2 aromatic carbocycles. The highest BCUT2D eigenvalue weighted by Gasteiger charge is 2.25. The lowest BCUT2D eigenvalue weighted by atomic mass is 10.1. The van der Waals surface area contributed by atoms with E-state index in [9.17, 15) is 9.59 Å². The van der Waals surface area contributed by atoms with Gasteiger partial charge in [-0.05, 0) is 24.3 Å². The van der Waals surface area contributed by atoms with Gasteiger partial charge in [0.15, 0.2) is 0 Å². The first-order valence-electron chi connectivity index (χ1n) is 9.08. The molecule has 0 bridgehead atoms. The standard InChI is InChI=1S/C21H24N2O5/c1-26-19-14-16(20(24)27-2)8-9-17(19)15-23(18-6-4-3-5-7-18)21(25)22-10-12-28-13-11-22/h3-9,14H,10-13,15H2,1-2H3. The van der Waals surface area contributed by atoms with Crippen molar-refractivity contribution in [2.24, 2.45) is 0 Å². The number of carbonyl (C=O) groups is 2. The van der Waals surface area contributed by atoms with Crippen LogP contribution in [0.2, 0.25) is 0 Å². The Hall–Kier alpha value is -3.06. The van der Waals surface area contributed by atoms with E-state index in [1.165, 1.54) is 14.2 Å². The van der Waals surface area contributed by atoms with Crippen LogP contribution < -0.4 is 9.64 Å². The average Bonchev–Trinajstić information content (AvgIpc) is 2.77. The van der Waals surface area contributed by atoms with Gasteiger partial charge in [-0.25, -0.2) is 9.59 Å². The molecule has 0 unspecified atom stereocenters. The molecular formula is C21H24N2O5. The van der Waals surface area contributed by atoms with Crippen molar-refractivity contribution in [3.63, 3.8) is 0 Å². The van der Waals surface area contributed by atoms with E-state index in [0.717, 1.165) is 11.3 Å². The van der Waals surface area contributed by atoms with Gasteiger partial charge in [0.1, 0.15) is 5.75 Å². The van der Waals surface area contributed by atoms with Crippen LogP contribution in [-0.2, 0) is 16.0 Å². The molecule has 0 atom stereocenters. The summed E-state index contributed by atoms with van der Waals surface area (Å²) in [4.78, 5) is 28.5. The van der Waals surface area contributed by atoms with Crippen molar-refractivity contribution in [3.05, 3.63) is 59.7 Å². The number of methoxy groups -OCH3 is 2. The van der Waals surface area contributed by atoms with Gasteiger partial charge in [0.25, 0.3) is 0 Å². The van der Waals surface area contributed by atoms with Gasteiger partial charge in [-0.1, -0.05) is 24.3 Å². The molecule has 0 saturated carbocycles. The fourth-order valence-corrected chi connectivity index (χ4v) is 3.09. The summed E-state index contributed by atoms with van der Waals surface area (Å²) in [6, 6.07) is 14.5. The second-order valence-corrected chi connectivity index (χ2v) is 6.32. The summed E-state index contributed by atoms with van der Waals surface area (Å²) in [5, 5.41) is 0. The third-order valence-corrected chi connectivity index (χ3v) is 4.62. The highest BCUT2D eigenvalue weighted by atomic mass is 16.5. The SMILES string of the molecule is COC(=O)c1ccc(CN(C(=O)N2CCOCC2)c2ccccc2)c(OC)c1. The lowest BCUT2D eigenvalue weighted by Gasteiger charge is -2.33. The average molecular weight is 384 g/mol. The van der Waals surface area contributed by atoms with Crippen molar-refractivity contribution in [2.75, 3.05) is 45.4 Å². The van der Waals surface area contributed by atoms with Crippen LogP contribution in [0.3, 0.4) is 0 Å². The number of hydrogen-bond donors (Lipinski definition) is 0. The molecule has 0 radical (unpaired) electrons. The first-order valence-corrected chi connectivity index (χ1v) is 9.08. The van der Waals surface area contributed by atoms with E-state index in [-0.39, 0.29) is 6.03 Å². The Morgan fingerprint density at radius 1 is 1.07 bits per heavy atom. The minimum atomic E-state index is -0.436. The molecule has 28 heavy (non-hydrogen) atoms. The lowest BCUT2D eigenvalue weighted by Crippen LogP contribution is -2.48. The molecule has 1 aliphatic rings. The van der Waals surface area contributed by atoms with Gasteiger partial charge in [-0.3, -0.25) is 4.90 Å². The number of rotatable bonds is 5. The first-order chi connectivity index (χ1) is 13.6. The highest BCUT2D eigenvalue weighted by Crippen LogP contribution is 2.26. The van der Waals surface area contributed by atoms with Gasteiger partial charge >= 0.3 is 12.0 Å². The zero-order valence-corrected chi connectivity index (χ0v) is 16.1. The molecule has 1 heterocycles. The van der Waals surface area contributed by atoms with Crippen molar-refractivity contribution >= 4 is 17.7 Å². The van der Waals surface area contributed by atoms with Crippen LogP contribution in [0.25, 0.3) is 0 Å². The number of benzene rings is 2. The van der Waals surface area contributed by atoms with E-state index in [4.69, 9.17) is 14.2 Å². The third kappa shape index (κ3) is 4.43. The molecule has 2 aromatic rings. The van der Waals surface area contributed by atoms with Gasteiger partial charge in [0.2, 0.25) is 0 Å². The highest BCUT2D eigenvalue weighted by molar-refractivity contribution is 5.92. The number of ether oxygens (including phenoxy) is 3. The predicted molar refractivity (Wildman–Crippen MR) is 105 cm³/mol. The quantitative estimate of drug-likeness (QED) is 0.742. The van der Waals surface area contributed by atoms with E-state index in [2.05, 4.69) is 0 Å². The van der Waals surface area contributed by atoms with Crippen LogP contribution >= 0.6 is 0 Å². The summed E-state index contributed by atoms with van der Waals surface area (Å²) in [5.41, 5.74) is 1.98. The second-order valence-electron chi connectivity index (χ2n) is 6.32. The number of carbonyl (C=O) groups excluding carboxylic acids is 2. The lowest BCUT2D eigenvalue weighted by molar-refractivity contribution is 0.0548. The molecule has 7 heteroatoms.